The van der Waals surface area contributed by atoms with E-state index in [2.05, 4.69) is 4.72 Å². The van der Waals surface area contributed by atoms with Crippen molar-refractivity contribution in [2.75, 3.05) is 11.5 Å². The zero-order valence-corrected chi connectivity index (χ0v) is 12.4. The number of anilines is 1. The van der Waals surface area contributed by atoms with Crippen LogP contribution < -0.4 is 4.72 Å². The van der Waals surface area contributed by atoms with Crippen LogP contribution in [0.15, 0.2) is 54.6 Å². The van der Waals surface area contributed by atoms with Crippen LogP contribution in [0.5, 0.6) is 0 Å². The summed E-state index contributed by atoms with van der Waals surface area (Å²) in [7, 11) is -3.93. The van der Waals surface area contributed by atoms with Crippen LogP contribution in [0.4, 0.5) is 5.69 Å². The molecule has 0 atom stereocenters. The number of hydrogen-bond donors (Lipinski definition) is 1. The topological polar surface area (TPSA) is 75.7 Å². The molecular formula is C15H14N2O4S. The van der Waals surface area contributed by atoms with Gasteiger partial charge in [0.1, 0.15) is 6.73 Å². The average molecular weight is 318 g/mol. The van der Waals surface area contributed by atoms with Gasteiger partial charge in [0, 0.05) is 0 Å². The number of nitrogens with one attached hydrogen (secondary N) is 1. The summed E-state index contributed by atoms with van der Waals surface area (Å²) in [6, 6.07) is 15.8. The monoisotopic (exact) mass is 318 g/mol. The molecule has 1 aliphatic heterocycles. The van der Waals surface area contributed by atoms with Crippen molar-refractivity contribution in [1.82, 2.24) is 4.31 Å². The third kappa shape index (κ3) is 2.81. The lowest BCUT2D eigenvalue weighted by Gasteiger charge is -2.28. The van der Waals surface area contributed by atoms with E-state index < -0.39 is 16.1 Å². The van der Waals surface area contributed by atoms with Gasteiger partial charge in [0.2, 0.25) is 0 Å². The molecule has 1 aliphatic rings. The fourth-order valence-electron chi connectivity index (χ4n) is 2.14. The van der Waals surface area contributed by atoms with Gasteiger partial charge in [0.25, 0.3) is 5.91 Å². The summed E-state index contributed by atoms with van der Waals surface area (Å²) in [6.07, 6.45) is 0. The molecule has 22 heavy (non-hydrogen) atoms. The molecule has 0 saturated heterocycles. The molecule has 3 rings (SSSR count). The minimum Gasteiger partial charge on any atom is -0.355 e. The van der Waals surface area contributed by atoms with Crippen LogP contribution in [-0.2, 0) is 21.6 Å². The number of nitrogens with zero attached hydrogens (tertiary/aromatic N) is 1. The lowest BCUT2D eigenvalue weighted by Crippen LogP contribution is -2.45. The fraction of sp³-hybridized carbons (Fsp3) is 0.133. The quantitative estimate of drug-likeness (QED) is 0.935. The molecule has 2 aromatic carbocycles. The molecule has 0 unspecified atom stereocenters. The number of para-hydroxylation sites is 1. The van der Waals surface area contributed by atoms with Crippen molar-refractivity contribution in [1.29, 1.82) is 0 Å². The Hall–Kier alpha value is -2.38. The summed E-state index contributed by atoms with van der Waals surface area (Å²) in [5.74, 6) is -0.595. The number of hydrogen-bond acceptors (Lipinski definition) is 4. The van der Waals surface area contributed by atoms with Gasteiger partial charge in [-0.3, -0.25) is 9.52 Å². The molecule has 114 valence electrons. The Kier molecular flexibility index (Phi) is 3.82. The van der Waals surface area contributed by atoms with Gasteiger partial charge in [-0.25, -0.2) is 0 Å². The Morgan fingerprint density at radius 1 is 1.00 bits per heavy atom. The van der Waals surface area contributed by atoms with Crippen LogP contribution in [-0.4, -0.2) is 25.4 Å². The number of ether oxygens (including phenoxy) is 1. The summed E-state index contributed by atoms with van der Waals surface area (Å²) in [4.78, 5) is 12.3. The maximum absolute atomic E-state index is 12.3. The SMILES string of the molecule is O=C1c2ccccc2NS(=O)(=O)N1COCc1ccccc1. The first-order valence-electron chi connectivity index (χ1n) is 6.63. The number of benzene rings is 2. The maximum Gasteiger partial charge on any atom is 0.328 e. The molecule has 2 aromatic rings. The molecule has 0 radical (unpaired) electrons. The summed E-state index contributed by atoms with van der Waals surface area (Å²) in [5, 5.41) is 0. The van der Waals surface area contributed by atoms with Crippen molar-refractivity contribution in [3.05, 3.63) is 65.7 Å². The van der Waals surface area contributed by atoms with Crippen molar-refractivity contribution in [2.45, 2.75) is 6.61 Å². The molecule has 0 saturated carbocycles. The average Bonchev–Trinajstić information content (AvgIpc) is 2.51. The number of amides is 1. The van der Waals surface area contributed by atoms with E-state index in [-0.39, 0.29) is 19.0 Å². The first kappa shape index (κ1) is 14.6. The van der Waals surface area contributed by atoms with Crippen molar-refractivity contribution in [3.63, 3.8) is 0 Å². The number of carbonyl (C=O) groups is 1. The third-order valence-corrected chi connectivity index (χ3v) is 4.56. The van der Waals surface area contributed by atoms with Crippen LogP contribution in [0.1, 0.15) is 15.9 Å². The maximum atomic E-state index is 12.3. The second kappa shape index (κ2) is 5.78. The van der Waals surface area contributed by atoms with Gasteiger partial charge in [-0.2, -0.15) is 12.7 Å². The number of fused-ring (bicyclic) bond motifs is 1. The molecular weight excluding hydrogens is 304 g/mol. The highest BCUT2D eigenvalue weighted by Crippen LogP contribution is 2.25. The van der Waals surface area contributed by atoms with Gasteiger partial charge >= 0.3 is 10.2 Å². The highest BCUT2D eigenvalue weighted by Gasteiger charge is 2.35. The van der Waals surface area contributed by atoms with Crippen LogP contribution in [0.3, 0.4) is 0 Å². The number of carbonyl (C=O) groups excluding carboxylic acids is 1. The largest absolute Gasteiger partial charge is 0.355 e. The van der Waals surface area contributed by atoms with E-state index in [9.17, 15) is 13.2 Å². The van der Waals surface area contributed by atoms with Gasteiger partial charge < -0.3 is 4.74 Å². The summed E-state index contributed by atoms with van der Waals surface area (Å²) in [5.41, 5.74) is 1.49. The summed E-state index contributed by atoms with van der Waals surface area (Å²) in [6.45, 7) is -0.112. The molecule has 1 heterocycles. The lowest BCUT2D eigenvalue weighted by molar-refractivity contribution is 0.0456. The minimum atomic E-state index is -3.93. The zero-order valence-electron chi connectivity index (χ0n) is 11.6. The molecule has 7 heteroatoms. The Labute approximate surface area is 128 Å². The van der Waals surface area contributed by atoms with E-state index >= 15 is 0 Å². The van der Waals surface area contributed by atoms with Crippen molar-refractivity contribution < 1.29 is 17.9 Å². The lowest BCUT2D eigenvalue weighted by atomic mass is 10.2. The second-order valence-corrected chi connectivity index (χ2v) is 6.36. The number of rotatable bonds is 4. The van der Waals surface area contributed by atoms with Crippen molar-refractivity contribution >= 4 is 21.8 Å². The fourth-order valence-corrected chi connectivity index (χ4v) is 3.24. The van der Waals surface area contributed by atoms with Gasteiger partial charge in [-0.1, -0.05) is 42.5 Å². The smallest absolute Gasteiger partial charge is 0.328 e. The predicted molar refractivity (Wildman–Crippen MR) is 81.3 cm³/mol. The first-order chi connectivity index (χ1) is 10.6. The van der Waals surface area contributed by atoms with E-state index in [0.29, 0.717) is 9.87 Å². The zero-order chi connectivity index (χ0) is 15.6. The Morgan fingerprint density at radius 3 is 2.45 bits per heavy atom. The second-order valence-electron chi connectivity index (χ2n) is 4.77. The Morgan fingerprint density at radius 2 is 1.68 bits per heavy atom. The van der Waals surface area contributed by atoms with Crippen LogP contribution in [0.25, 0.3) is 0 Å². The van der Waals surface area contributed by atoms with E-state index in [1.54, 1.807) is 24.3 Å². The predicted octanol–water partition coefficient (Wildman–Crippen LogP) is 1.97. The van der Waals surface area contributed by atoms with Crippen molar-refractivity contribution in [3.8, 4) is 0 Å². The Balaban J connectivity index is 1.74. The van der Waals surface area contributed by atoms with Gasteiger partial charge in [0.15, 0.2) is 0 Å². The highest BCUT2D eigenvalue weighted by atomic mass is 32.2. The molecule has 0 aliphatic carbocycles. The first-order valence-corrected chi connectivity index (χ1v) is 8.07. The van der Waals surface area contributed by atoms with Crippen LogP contribution in [0.2, 0.25) is 0 Å². The van der Waals surface area contributed by atoms with E-state index in [0.717, 1.165) is 5.56 Å². The molecule has 1 N–H and O–H groups in total. The molecule has 0 fully saturated rings. The standard InChI is InChI=1S/C15H14N2O4S/c18-15-13-8-4-5-9-14(13)16-22(19,20)17(15)11-21-10-12-6-2-1-3-7-12/h1-9,16H,10-11H2. The van der Waals surface area contributed by atoms with Gasteiger partial charge in [-0.15, -0.1) is 0 Å². The summed E-state index contributed by atoms with van der Waals surface area (Å²) >= 11 is 0. The summed E-state index contributed by atoms with van der Waals surface area (Å²) < 4.78 is 32.6. The van der Waals surface area contributed by atoms with E-state index in [4.69, 9.17) is 4.74 Å². The van der Waals surface area contributed by atoms with Crippen LogP contribution in [0, 0.1) is 0 Å². The molecule has 0 spiro atoms. The minimum absolute atomic E-state index is 0.224. The van der Waals surface area contributed by atoms with Crippen molar-refractivity contribution in [2.24, 2.45) is 0 Å². The highest BCUT2D eigenvalue weighted by molar-refractivity contribution is 7.91. The molecule has 6 nitrogen and oxygen atoms in total. The van der Waals surface area contributed by atoms with Gasteiger partial charge in [-0.05, 0) is 17.7 Å². The normalized spacial score (nSPS) is 16.0. The van der Waals surface area contributed by atoms with Crippen LogP contribution >= 0.6 is 0 Å². The molecule has 0 aromatic heterocycles. The molecule has 0 bridgehead atoms. The third-order valence-electron chi connectivity index (χ3n) is 3.23. The van der Waals surface area contributed by atoms with E-state index in [1.807, 2.05) is 30.3 Å². The molecule has 1 amide bonds. The van der Waals surface area contributed by atoms with E-state index in [1.165, 1.54) is 0 Å². The Bertz CT molecular complexity index is 790. The van der Waals surface area contributed by atoms with Gasteiger partial charge in [0.05, 0.1) is 17.9 Å².